The molecule has 0 saturated heterocycles. The number of aryl methyl sites for hydroxylation is 2. The van der Waals surface area contributed by atoms with Gasteiger partial charge in [0.1, 0.15) is 0 Å². The van der Waals surface area contributed by atoms with Crippen molar-refractivity contribution >= 4 is 22.4 Å². The van der Waals surface area contributed by atoms with Gasteiger partial charge in [-0.1, -0.05) is 13.0 Å². The van der Waals surface area contributed by atoms with Crippen LogP contribution in [0.25, 0.3) is 16.5 Å². The number of carboxylic acid groups (broad SMARTS) is 1. The summed E-state index contributed by atoms with van der Waals surface area (Å²) in [6.07, 6.45) is 2.23. The van der Waals surface area contributed by atoms with E-state index in [2.05, 4.69) is 30.1 Å². The molecule has 0 aliphatic carbocycles. The predicted molar refractivity (Wildman–Crippen MR) is 73.7 cm³/mol. The van der Waals surface area contributed by atoms with E-state index in [1.165, 1.54) is 11.6 Å². The summed E-state index contributed by atoms with van der Waals surface area (Å²) in [4.78, 5) is 14.1. The molecule has 3 nitrogen and oxygen atoms in total. The van der Waals surface area contributed by atoms with Crippen molar-refractivity contribution in [2.45, 2.75) is 27.2 Å². The lowest BCUT2D eigenvalue weighted by atomic mass is 10.0. The molecule has 0 aliphatic heterocycles. The minimum Gasteiger partial charge on any atom is -0.478 e. The highest BCUT2D eigenvalue weighted by atomic mass is 16.4. The zero-order valence-electron chi connectivity index (χ0n) is 10.9. The molecule has 3 heteroatoms. The highest BCUT2D eigenvalue weighted by Gasteiger charge is 2.11. The Labute approximate surface area is 106 Å². The van der Waals surface area contributed by atoms with Crippen molar-refractivity contribution in [1.82, 2.24) is 4.98 Å². The molecule has 0 amide bonds. The van der Waals surface area contributed by atoms with Crippen molar-refractivity contribution < 1.29 is 9.90 Å². The van der Waals surface area contributed by atoms with Crippen LogP contribution in [0.3, 0.4) is 0 Å². The number of carboxylic acids is 1. The number of aromatic amines is 1. The first kappa shape index (κ1) is 12.4. The Kier molecular flexibility index (Phi) is 3.24. The number of aromatic nitrogens is 1. The Bertz CT molecular complexity index is 635. The maximum atomic E-state index is 10.8. The van der Waals surface area contributed by atoms with Gasteiger partial charge in [0.15, 0.2) is 0 Å². The fraction of sp³-hybridized carbons (Fsp3) is 0.267. The van der Waals surface area contributed by atoms with Crippen LogP contribution in [0.1, 0.15) is 30.7 Å². The lowest BCUT2D eigenvalue weighted by molar-refractivity contribution is -0.131. The van der Waals surface area contributed by atoms with Crippen molar-refractivity contribution in [2.24, 2.45) is 0 Å². The highest BCUT2D eigenvalue weighted by Crippen LogP contribution is 2.29. The van der Waals surface area contributed by atoms with Gasteiger partial charge in [-0.05, 0) is 43.5 Å². The van der Waals surface area contributed by atoms with Crippen LogP contribution in [-0.2, 0) is 11.2 Å². The van der Waals surface area contributed by atoms with Crippen LogP contribution in [-0.4, -0.2) is 16.1 Å². The number of H-pyrrole nitrogens is 1. The molecule has 0 bridgehead atoms. The number of hydrogen-bond acceptors (Lipinski definition) is 1. The first-order valence-electron chi connectivity index (χ1n) is 6.05. The summed E-state index contributed by atoms with van der Waals surface area (Å²) in [6.45, 7) is 5.92. The molecule has 0 unspecified atom stereocenters. The summed E-state index contributed by atoms with van der Waals surface area (Å²) < 4.78 is 0. The van der Waals surface area contributed by atoms with Crippen LogP contribution in [0, 0.1) is 6.92 Å². The zero-order chi connectivity index (χ0) is 13.3. The zero-order valence-corrected chi connectivity index (χ0v) is 10.9. The molecule has 0 aliphatic rings. The number of aliphatic carboxylic acids is 1. The third-order valence-corrected chi connectivity index (χ3v) is 3.19. The molecule has 2 aromatic rings. The van der Waals surface area contributed by atoms with Gasteiger partial charge in [0.05, 0.1) is 0 Å². The third-order valence-electron chi connectivity index (χ3n) is 3.19. The molecule has 2 rings (SSSR count). The van der Waals surface area contributed by atoms with Crippen LogP contribution in [0.15, 0.2) is 24.3 Å². The number of hydrogen-bond donors (Lipinski definition) is 2. The Morgan fingerprint density at radius 2 is 2.17 bits per heavy atom. The van der Waals surface area contributed by atoms with Crippen molar-refractivity contribution in [3.05, 3.63) is 41.1 Å². The summed E-state index contributed by atoms with van der Waals surface area (Å²) in [5.41, 5.74) is 5.10. The number of carbonyl (C=O) groups is 1. The molecule has 0 spiro atoms. The lowest BCUT2D eigenvalue weighted by Gasteiger charge is -2.02. The molecule has 18 heavy (non-hydrogen) atoms. The second kappa shape index (κ2) is 4.69. The number of benzene rings is 1. The summed E-state index contributed by atoms with van der Waals surface area (Å²) >= 11 is 0. The number of fused-ring (bicyclic) bond motifs is 1. The second-order valence-corrected chi connectivity index (χ2v) is 4.52. The van der Waals surface area contributed by atoms with Gasteiger partial charge in [-0.25, -0.2) is 4.79 Å². The van der Waals surface area contributed by atoms with Crippen LogP contribution in [0.4, 0.5) is 0 Å². The van der Waals surface area contributed by atoms with Crippen LogP contribution in [0.5, 0.6) is 0 Å². The van der Waals surface area contributed by atoms with Gasteiger partial charge in [0.2, 0.25) is 0 Å². The SMILES string of the molecule is CCc1ccc2[nH]c(C)c(/C(C)=C/C(=O)O)c2c1. The standard InChI is InChI=1S/C15H17NO2/c1-4-11-5-6-13-12(8-11)15(10(3)16-13)9(2)7-14(17)18/h5-8,16H,4H2,1-3H3,(H,17,18)/b9-7+. The highest BCUT2D eigenvalue weighted by molar-refractivity contribution is 5.99. The van der Waals surface area contributed by atoms with Gasteiger partial charge in [-0.15, -0.1) is 0 Å². The van der Waals surface area contributed by atoms with Crippen molar-refractivity contribution in [1.29, 1.82) is 0 Å². The van der Waals surface area contributed by atoms with E-state index in [1.54, 1.807) is 0 Å². The van der Waals surface area contributed by atoms with Crippen molar-refractivity contribution in [3.63, 3.8) is 0 Å². The smallest absolute Gasteiger partial charge is 0.328 e. The van der Waals surface area contributed by atoms with Gasteiger partial charge >= 0.3 is 5.97 Å². The van der Waals surface area contributed by atoms with Crippen molar-refractivity contribution in [2.75, 3.05) is 0 Å². The van der Waals surface area contributed by atoms with E-state index < -0.39 is 5.97 Å². The molecule has 94 valence electrons. The minimum atomic E-state index is -0.909. The van der Waals surface area contributed by atoms with Crippen LogP contribution in [0.2, 0.25) is 0 Å². The molecule has 0 fully saturated rings. The molecular formula is C15H17NO2. The molecule has 2 N–H and O–H groups in total. The molecular weight excluding hydrogens is 226 g/mol. The Balaban J connectivity index is 2.68. The maximum absolute atomic E-state index is 10.8. The monoisotopic (exact) mass is 243 g/mol. The van der Waals surface area contributed by atoms with Gasteiger partial charge in [0, 0.05) is 28.2 Å². The third kappa shape index (κ3) is 2.16. The Morgan fingerprint density at radius 1 is 1.44 bits per heavy atom. The summed E-state index contributed by atoms with van der Waals surface area (Å²) in [6, 6.07) is 6.28. The lowest BCUT2D eigenvalue weighted by Crippen LogP contribution is -1.91. The fourth-order valence-corrected chi connectivity index (χ4v) is 2.36. The Hall–Kier alpha value is -2.03. The largest absolute Gasteiger partial charge is 0.478 e. The molecule has 1 aromatic carbocycles. The van der Waals surface area contributed by atoms with Crippen LogP contribution < -0.4 is 0 Å². The molecule has 0 radical (unpaired) electrons. The first-order valence-corrected chi connectivity index (χ1v) is 6.05. The number of rotatable bonds is 3. The molecule has 0 saturated carbocycles. The predicted octanol–water partition coefficient (Wildman–Crippen LogP) is 3.53. The average molecular weight is 243 g/mol. The van der Waals surface area contributed by atoms with E-state index in [0.717, 1.165) is 34.2 Å². The summed E-state index contributed by atoms with van der Waals surface area (Å²) in [7, 11) is 0. The van der Waals surface area contributed by atoms with Gasteiger partial charge in [-0.3, -0.25) is 0 Å². The van der Waals surface area contributed by atoms with Crippen LogP contribution >= 0.6 is 0 Å². The fourth-order valence-electron chi connectivity index (χ4n) is 2.36. The number of allylic oxidation sites excluding steroid dienone is 1. The normalized spacial score (nSPS) is 12.1. The van der Waals surface area contributed by atoms with Crippen molar-refractivity contribution in [3.8, 4) is 0 Å². The summed E-state index contributed by atoms with van der Waals surface area (Å²) in [5, 5.41) is 9.96. The van der Waals surface area contributed by atoms with E-state index in [1.807, 2.05) is 13.8 Å². The minimum absolute atomic E-state index is 0.777. The first-order chi connectivity index (χ1) is 8.52. The Morgan fingerprint density at radius 3 is 2.78 bits per heavy atom. The molecule has 1 aromatic heterocycles. The number of nitrogens with one attached hydrogen (secondary N) is 1. The second-order valence-electron chi connectivity index (χ2n) is 4.52. The molecule has 0 atom stereocenters. The molecule has 1 heterocycles. The van der Waals surface area contributed by atoms with Gasteiger partial charge in [-0.2, -0.15) is 0 Å². The topological polar surface area (TPSA) is 53.1 Å². The van der Waals surface area contributed by atoms with Gasteiger partial charge in [0.25, 0.3) is 0 Å². The van der Waals surface area contributed by atoms with E-state index in [0.29, 0.717) is 0 Å². The van der Waals surface area contributed by atoms with Gasteiger partial charge < -0.3 is 10.1 Å². The summed E-state index contributed by atoms with van der Waals surface area (Å²) in [5.74, 6) is -0.909. The average Bonchev–Trinajstić information content (AvgIpc) is 2.62. The van der Waals surface area contributed by atoms with E-state index in [9.17, 15) is 4.79 Å². The van der Waals surface area contributed by atoms with E-state index in [4.69, 9.17) is 5.11 Å². The quantitative estimate of drug-likeness (QED) is 0.810. The van der Waals surface area contributed by atoms with E-state index in [-0.39, 0.29) is 0 Å². The van der Waals surface area contributed by atoms with E-state index >= 15 is 0 Å². The maximum Gasteiger partial charge on any atom is 0.328 e.